The van der Waals surface area contributed by atoms with Crippen LogP contribution in [0.15, 0.2) is 48.5 Å². The monoisotopic (exact) mass is 425 g/mol. The van der Waals surface area contributed by atoms with E-state index in [0.29, 0.717) is 24.4 Å². The van der Waals surface area contributed by atoms with Crippen LogP contribution in [0.5, 0.6) is 5.75 Å². The highest BCUT2D eigenvalue weighted by Gasteiger charge is 2.06. The lowest BCUT2D eigenvalue weighted by Gasteiger charge is -2.11. The number of nitrogens with one attached hydrogen (secondary N) is 3. The van der Waals surface area contributed by atoms with Crippen molar-refractivity contribution < 1.29 is 14.3 Å². The zero-order valence-electron chi connectivity index (χ0n) is 18.7. The first-order valence-electron chi connectivity index (χ1n) is 11.3. The average molecular weight is 426 g/mol. The van der Waals surface area contributed by atoms with Gasteiger partial charge < -0.3 is 20.7 Å². The molecule has 0 aliphatic heterocycles. The standard InChI is InChI=1S/C25H35N3O3/c1-3-5-6-7-8-17-31-23-11-9-10-22(18-23)28-24(29)19-27-21-14-12-20(13-15-21)25(30)26-16-4-2/h9-15,18,27H,3-8,16-17,19H2,1-2H3,(H,26,30)(H,28,29). The van der Waals surface area contributed by atoms with E-state index < -0.39 is 0 Å². The Bertz CT molecular complexity index is 806. The molecule has 0 aliphatic rings. The van der Waals surface area contributed by atoms with Gasteiger partial charge in [0.1, 0.15) is 5.75 Å². The van der Waals surface area contributed by atoms with Crippen molar-refractivity contribution in [2.75, 3.05) is 30.3 Å². The summed E-state index contributed by atoms with van der Waals surface area (Å²) in [6, 6.07) is 14.5. The Morgan fingerprint density at radius 3 is 2.39 bits per heavy atom. The molecule has 2 amide bonds. The molecule has 0 saturated carbocycles. The maximum Gasteiger partial charge on any atom is 0.251 e. The van der Waals surface area contributed by atoms with E-state index in [1.54, 1.807) is 24.3 Å². The number of hydrogen-bond donors (Lipinski definition) is 3. The van der Waals surface area contributed by atoms with E-state index in [1.165, 1.54) is 25.7 Å². The van der Waals surface area contributed by atoms with Gasteiger partial charge in [0.25, 0.3) is 5.91 Å². The Morgan fingerprint density at radius 1 is 0.871 bits per heavy atom. The zero-order valence-corrected chi connectivity index (χ0v) is 18.7. The molecule has 0 bridgehead atoms. The summed E-state index contributed by atoms with van der Waals surface area (Å²) in [4.78, 5) is 24.2. The summed E-state index contributed by atoms with van der Waals surface area (Å²) in [5.74, 6) is 0.522. The minimum atomic E-state index is -0.151. The van der Waals surface area contributed by atoms with Crippen LogP contribution in [-0.4, -0.2) is 31.5 Å². The molecule has 2 aromatic carbocycles. The molecular weight excluding hydrogens is 390 g/mol. The quantitative estimate of drug-likeness (QED) is 0.362. The van der Waals surface area contributed by atoms with Gasteiger partial charge in [-0.25, -0.2) is 0 Å². The number of ether oxygens (including phenoxy) is 1. The molecular formula is C25H35N3O3. The van der Waals surface area contributed by atoms with Crippen molar-refractivity contribution in [2.24, 2.45) is 0 Å². The summed E-state index contributed by atoms with van der Waals surface area (Å²) in [7, 11) is 0. The fraction of sp³-hybridized carbons (Fsp3) is 0.440. The maximum atomic E-state index is 12.3. The highest BCUT2D eigenvalue weighted by atomic mass is 16.5. The second-order valence-electron chi connectivity index (χ2n) is 7.53. The van der Waals surface area contributed by atoms with E-state index in [2.05, 4.69) is 22.9 Å². The largest absolute Gasteiger partial charge is 0.494 e. The third-order valence-electron chi connectivity index (χ3n) is 4.77. The van der Waals surface area contributed by atoms with E-state index in [-0.39, 0.29) is 18.4 Å². The molecule has 2 aromatic rings. The van der Waals surface area contributed by atoms with Gasteiger partial charge in [-0.3, -0.25) is 9.59 Å². The Labute approximate surface area is 185 Å². The van der Waals surface area contributed by atoms with Gasteiger partial charge in [0.15, 0.2) is 0 Å². The molecule has 6 nitrogen and oxygen atoms in total. The number of carbonyl (C=O) groups excluding carboxylic acids is 2. The summed E-state index contributed by atoms with van der Waals surface area (Å²) < 4.78 is 5.79. The molecule has 0 saturated heterocycles. The van der Waals surface area contributed by atoms with Crippen LogP contribution in [0.25, 0.3) is 0 Å². The van der Waals surface area contributed by atoms with Crippen molar-refractivity contribution in [3.05, 3.63) is 54.1 Å². The summed E-state index contributed by atoms with van der Waals surface area (Å²) in [6.07, 6.45) is 6.87. The predicted octanol–water partition coefficient (Wildman–Crippen LogP) is 5.23. The number of hydrogen-bond acceptors (Lipinski definition) is 4. The van der Waals surface area contributed by atoms with Crippen LogP contribution >= 0.6 is 0 Å². The van der Waals surface area contributed by atoms with E-state index in [9.17, 15) is 9.59 Å². The van der Waals surface area contributed by atoms with Crippen LogP contribution in [0.2, 0.25) is 0 Å². The average Bonchev–Trinajstić information content (AvgIpc) is 2.79. The molecule has 0 fully saturated rings. The fourth-order valence-electron chi connectivity index (χ4n) is 3.03. The molecule has 0 aliphatic carbocycles. The van der Waals surface area contributed by atoms with E-state index in [4.69, 9.17) is 4.74 Å². The molecule has 0 atom stereocenters. The SMILES string of the molecule is CCCCCCCOc1cccc(NC(=O)CNc2ccc(C(=O)NCCC)cc2)c1. The molecule has 0 unspecified atom stereocenters. The second-order valence-corrected chi connectivity index (χ2v) is 7.53. The Balaban J connectivity index is 1.74. The van der Waals surface area contributed by atoms with Crippen LogP contribution in [0.4, 0.5) is 11.4 Å². The van der Waals surface area contributed by atoms with Gasteiger partial charge >= 0.3 is 0 Å². The Kier molecular flexibility index (Phi) is 11.0. The minimum Gasteiger partial charge on any atom is -0.494 e. The molecule has 2 rings (SSSR count). The van der Waals surface area contributed by atoms with E-state index >= 15 is 0 Å². The number of carbonyl (C=O) groups is 2. The van der Waals surface area contributed by atoms with Gasteiger partial charge in [-0.1, -0.05) is 45.6 Å². The van der Waals surface area contributed by atoms with Crippen LogP contribution in [0.1, 0.15) is 62.7 Å². The fourth-order valence-corrected chi connectivity index (χ4v) is 3.03. The van der Waals surface area contributed by atoms with Crippen molar-refractivity contribution >= 4 is 23.2 Å². The van der Waals surface area contributed by atoms with E-state index in [1.807, 2.05) is 31.2 Å². The summed E-state index contributed by atoms with van der Waals surface area (Å²) in [5, 5.41) is 8.79. The topological polar surface area (TPSA) is 79.5 Å². The number of anilines is 2. The first kappa shape index (κ1) is 24.3. The van der Waals surface area contributed by atoms with Crippen LogP contribution in [-0.2, 0) is 4.79 Å². The third kappa shape index (κ3) is 9.55. The zero-order chi connectivity index (χ0) is 22.3. The van der Waals surface area contributed by atoms with Gasteiger partial charge in [0.05, 0.1) is 13.2 Å². The van der Waals surface area contributed by atoms with Crippen molar-refractivity contribution in [3.63, 3.8) is 0 Å². The Morgan fingerprint density at radius 2 is 1.65 bits per heavy atom. The van der Waals surface area contributed by atoms with Crippen LogP contribution < -0.4 is 20.7 Å². The van der Waals surface area contributed by atoms with Gasteiger partial charge in [0.2, 0.25) is 5.91 Å². The number of rotatable bonds is 14. The smallest absolute Gasteiger partial charge is 0.251 e. The van der Waals surface area contributed by atoms with Gasteiger partial charge in [-0.2, -0.15) is 0 Å². The van der Waals surface area contributed by atoms with Crippen molar-refractivity contribution in [3.8, 4) is 5.75 Å². The molecule has 0 spiro atoms. The summed E-state index contributed by atoms with van der Waals surface area (Å²) in [5.41, 5.74) is 2.09. The van der Waals surface area contributed by atoms with Crippen molar-refractivity contribution in [1.29, 1.82) is 0 Å². The lowest BCUT2D eigenvalue weighted by atomic mass is 10.2. The Hall–Kier alpha value is -3.02. The summed E-state index contributed by atoms with van der Waals surface area (Å²) >= 11 is 0. The number of unbranched alkanes of at least 4 members (excludes halogenated alkanes) is 4. The van der Waals surface area contributed by atoms with E-state index in [0.717, 1.165) is 24.3 Å². The number of amides is 2. The second kappa shape index (κ2) is 14.1. The summed E-state index contributed by atoms with van der Waals surface area (Å²) in [6.45, 7) is 5.69. The van der Waals surface area contributed by atoms with Crippen LogP contribution in [0.3, 0.4) is 0 Å². The first-order chi connectivity index (χ1) is 15.1. The number of benzene rings is 2. The molecule has 0 heterocycles. The van der Waals surface area contributed by atoms with Crippen molar-refractivity contribution in [2.45, 2.75) is 52.4 Å². The van der Waals surface area contributed by atoms with Crippen molar-refractivity contribution in [1.82, 2.24) is 5.32 Å². The highest BCUT2D eigenvalue weighted by molar-refractivity contribution is 5.95. The van der Waals surface area contributed by atoms with Gasteiger partial charge in [-0.05, 0) is 49.2 Å². The maximum absolute atomic E-state index is 12.3. The van der Waals surface area contributed by atoms with Gasteiger partial charge in [-0.15, -0.1) is 0 Å². The molecule has 3 N–H and O–H groups in total. The first-order valence-corrected chi connectivity index (χ1v) is 11.3. The molecule has 168 valence electrons. The lowest BCUT2D eigenvalue weighted by Crippen LogP contribution is -2.24. The molecule has 0 aromatic heterocycles. The molecule has 31 heavy (non-hydrogen) atoms. The third-order valence-corrected chi connectivity index (χ3v) is 4.77. The predicted molar refractivity (Wildman–Crippen MR) is 127 cm³/mol. The highest BCUT2D eigenvalue weighted by Crippen LogP contribution is 2.18. The normalized spacial score (nSPS) is 10.4. The molecule has 0 radical (unpaired) electrons. The lowest BCUT2D eigenvalue weighted by molar-refractivity contribution is -0.114. The minimum absolute atomic E-state index is 0.0887. The van der Waals surface area contributed by atoms with Crippen LogP contribution in [0, 0.1) is 0 Å². The molecule has 6 heteroatoms. The van der Waals surface area contributed by atoms with Gasteiger partial charge in [0, 0.05) is 29.5 Å².